The van der Waals surface area contributed by atoms with E-state index < -0.39 is 0 Å². The van der Waals surface area contributed by atoms with Crippen LogP contribution in [0.4, 0.5) is 0 Å². The molecule has 0 saturated carbocycles. The van der Waals surface area contributed by atoms with Gasteiger partial charge in [0.1, 0.15) is 5.76 Å². The average molecular weight is 186 g/mol. The molecule has 1 aromatic rings. The smallest absolute Gasteiger partial charge is 0.116 e. The van der Waals surface area contributed by atoms with E-state index in [1.54, 1.807) is 0 Å². The molecule has 0 fully saturated rings. The Morgan fingerprint density at radius 1 is 1.29 bits per heavy atom. The minimum absolute atomic E-state index is 0.0919. The molecule has 0 bridgehead atoms. The van der Waals surface area contributed by atoms with Gasteiger partial charge in [-0.3, -0.25) is 0 Å². The lowest BCUT2D eigenvalue weighted by molar-refractivity contribution is 0.440. The highest BCUT2D eigenvalue weighted by Gasteiger charge is 2.01. The molecule has 1 N–H and O–H groups in total. The van der Waals surface area contributed by atoms with E-state index in [-0.39, 0.29) is 5.76 Å². The predicted molar refractivity (Wildman–Crippen MR) is 61.0 cm³/mol. The number of allylic oxidation sites excluding steroid dienone is 4. The summed E-state index contributed by atoms with van der Waals surface area (Å²) in [5.74, 6) is 0.0919. The molecule has 0 aliphatic rings. The van der Waals surface area contributed by atoms with Crippen LogP contribution in [0, 0.1) is 0 Å². The average Bonchev–Trinajstić information content (AvgIpc) is 2.19. The fourth-order valence-corrected chi connectivity index (χ4v) is 1.17. The van der Waals surface area contributed by atoms with Crippen molar-refractivity contribution in [3.8, 4) is 0 Å². The van der Waals surface area contributed by atoms with Gasteiger partial charge in [0, 0.05) is 5.57 Å². The van der Waals surface area contributed by atoms with E-state index in [2.05, 4.69) is 6.58 Å². The number of benzene rings is 1. The summed E-state index contributed by atoms with van der Waals surface area (Å²) in [5, 5.41) is 9.40. The molecule has 1 heteroatoms. The van der Waals surface area contributed by atoms with Crippen LogP contribution in [-0.2, 0) is 0 Å². The van der Waals surface area contributed by atoms with Crippen molar-refractivity contribution in [2.45, 2.75) is 6.92 Å². The molecule has 14 heavy (non-hydrogen) atoms. The third-order valence-electron chi connectivity index (χ3n) is 1.85. The van der Waals surface area contributed by atoms with Crippen LogP contribution < -0.4 is 0 Å². The van der Waals surface area contributed by atoms with E-state index in [9.17, 15) is 5.11 Å². The Bertz CT molecular complexity index is 358. The van der Waals surface area contributed by atoms with Crippen LogP contribution in [0.1, 0.15) is 12.5 Å². The van der Waals surface area contributed by atoms with Crippen LogP contribution in [0.2, 0.25) is 0 Å². The summed E-state index contributed by atoms with van der Waals surface area (Å²) in [6.07, 6.45) is 5.63. The number of rotatable bonds is 3. The van der Waals surface area contributed by atoms with Gasteiger partial charge in [0.2, 0.25) is 0 Å². The molecule has 0 amide bonds. The Hall–Kier alpha value is -1.76. The molecule has 1 aromatic carbocycles. The maximum absolute atomic E-state index is 9.40. The molecule has 0 unspecified atom stereocenters. The lowest BCUT2D eigenvalue weighted by atomic mass is 10.0. The first kappa shape index (κ1) is 10.3. The Labute approximate surface area is 84.7 Å². The van der Waals surface area contributed by atoms with Crippen molar-refractivity contribution in [2.24, 2.45) is 0 Å². The summed E-state index contributed by atoms with van der Waals surface area (Å²) >= 11 is 0. The van der Waals surface area contributed by atoms with Crippen molar-refractivity contribution >= 4 is 5.57 Å². The lowest BCUT2D eigenvalue weighted by Crippen LogP contribution is -1.86. The molecular formula is C13H14O. The summed E-state index contributed by atoms with van der Waals surface area (Å²) in [6, 6.07) is 9.69. The highest BCUT2D eigenvalue weighted by molar-refractivity contribution is 5.77. The summed E-state index contributed by atoms with van der Waals surface area (Å²) in [5.41, 5.74) is 1.72. The maximum atomic E-state index is 9.40. The minimum Gasteiger partial charge on any atom is -0.508 e. The molecule has 0 aromatic heterocycles. The maximum Gasteiger partial charge on any atom is 0.116 e. The minimum atomic E-state index is 0.0919. The number of hydrogen-bond acceptors (Lipinski definition) is 1. The van der Waals surface area contributed by atoms with Crippen molar-refractivity contribution in [3.05, 3.63) is 66.5 Å². The largest absolute Gasteiger partial charge is 0.508 e. The highest BCUT2D eigenvalue weighted by atomic mass is 16.3. The molecule has 0 atom stereocenters. The molecule has 0 heterocycles. The quantitative estimate of drug-likeness (QED) is 0.563. The normalized spacial score (nSPS) is 11.9. The summed E-state index contributed by atoms with van der Waals surface area (Å²) < 4.78 is 0. The van der Waals surface area contributed by atoms with Gasteiger partial charge in [-0.05, 0) is 12.5 Å². The fraction of sp³-hybridized carbons (Fsp3) is 0.0769. The van der Waals surface area contributed by atoms with Crippen LogP contribution in [0.25, 0.3) is 5.57 Å². The van der Waals surface area contributed by atoms with Gasteiger partial charge < -0.3 is 5.11 Å². The number of hydrogen-bond donors (Lipinski definition) is 1. The van der Waals surface area contributed by atoms with Crippen LogP contribution in [-0.4, -0.2) is 5.11 Å². The van der Waals surface area contributed by atoms with Gasteiger partial charge in [-0.15, -0.1) is 0 Å². The summed E-state index contributed by atoms with van der Waals surface area (Å²) in [6.45, 7) is 5.47. The molecule has 0 aliphatic carbocycles. The Balaban J connectivity index is 3.07. The zero-order valence-corrected chi connectivity index (χ0v) is 8.27. The fourth-order valence-electron chi connectivity index (χ4n) is 1.17. The molecule has 0 radical (unpaired) electrons. The molecule has 1 rings (SSSR count). The Kier molecular flexibility index (Phi) is 3.74. The van der Waals surface area contributed by atoms with Crippen molar-refractivity contribution in [1.82, 2.24) is 0 Å². The first-order valence-electron chi connectivity index (χ1n) is 4.52. The molecule has 72 valence electrons. The highest BCUT2D eigenvalue weighted by Crippen LogP contribution is 2.19. The molecule has 1 nitrogen and oxygen atoms in total. The van der Waals surface area contributed by atoms with Gasteiger partial charge in [-0.25, -0.2) is 0 Å². The second kappa shape index (κ2) is 5.07. The predicted octanol–water partition coefficient (Wildman–Crippen LogP) is 3.72. The standard InChI is InChI=1S/C13H14O/c1-3-4-10-13(11(2)14)12-8-6-5-7-9-12/h3-10,14H,2H2,1H3/b4-3-,13-10+. The van der Waals surface area contributed by atoms with E-state index in [1.807, 2.05) is 55.5 Å². The van der Waals surface area contributed by atoms with Gasteiger partial charge in [0.05, 0.1) is 0 Å². The van der Waals surface area contributed by atoms with Gasteiger partial charge in [0.25, 0.3) is 0 Å². The third kappa shape index (κ3) is 2.63. The van der Waals surface area contributed by atoms with E-state index in [1.165, 1.54) is 0 Å². The van der Waals surface area contributed by atoms with Crippen LogP contribution in [0.15, 0.2) is 60.9 Å². The van der Waals surface area contributed by atoms with Gasteiger partial charge in [-0.1, -0.05) is 55.1 Å². The third-order valence-corrected chi connectivity index (χ3v) is 1.85. The molecular weight excluding hydrogens is 172 g/mol. The Morgan fingerprint density at radius 3 is 2.43 bits per heavy atom. The summed E-state index contributed by atoms with van der Waals surface area (Å²) in [7, 11) is 0. The zero-order chi connectivity index (χ0) is 10.4. The monoisotopic (exact) mass is 186 g/mol. The molecule has 0 aliphatic heterocycles. The SMILES string of the molecule is C=C(O)/C(=C\C=C/C)c1ccccc1. The molecule has 0 spiro atoms. The van der Waals surface area contributed by atoms with Crippen LogP contribution in [0.3, 0.4) is 0 Å². The number of aliphatic hydroxyl groups excluding tert-OH is 1. The van der Waals surface area contributed by atoms with Gasteiger partial charge >= 0.3 is 0 Å². The van der Waals surface area contributed by atoms with Gasteiger partial charge in [-0.2, -0.15) is 0 Å². The zero-order valence-electron chi connectivity index (χ0n) is 8.27. The van der Waals surface area contributed by atoms with E-state index >= 15 is 0 Å². The first-order valence-corrected chi connectivity index (χ1v) is 4.52. The van der Waals surface area contributed by atoms with Crippen molar-refractivity contribution in [1.29, 1.82) is 0 Å². The lowest BCUT2D eigenvalue weighted by Gasteiger charge is -2.04. The van der Waals surface area contributed by atoms with E-state index in [0.717, 1.165) is 11.1 Å². The summed E-state index contributed by atoms with van der Waals surface area (Å²) in [4.78, 5) is 0. The van der Waals surface area contributed by atoms with Crippen LogP contribution in [0.5, 0.6) is 0 Å². The van der Waals surface area contributed by atoms with Crippen molar-refractivity contribution in [3.63, 3.8) is 0 Å². The van der Waals surface area contributed by atoms with E-state index in [0.29, 0.717) is 0 Å². The molecule has 0 saturated heterocycles. The number of aliphatic hydroxyl groups is 1. The Morgan fingerprint density at radius 2 is 1.93 bits per heavy atom. The van der Waals surface area contributed by atoms with Crippen LogP contribution >= 0.6 is 0 Å². The second-order valence-electron chi connectivity index (χ2n) is 2.92. The van der Waals surface area contributed by atoms with Gasteiger partial charge in [0.15, 0.2) is 0 Å². The first-order chi connectivity index (χ1) is 6.75. The van der Waals surface area contributed by atoms with E-state index in [4.69, 9.17) is 0 Å². The topological polar surface area (TPSA) is 20.2 Å². The second-order valence-corrected chi connectivity index (χ2v) is 2.92. The van der Waals surface area contributed by atoms with Crippen molar-refractivity contribution < 1.29 is 5.11 Å². The van der Waals surface area contributed by atoms with Crippen molar-refractivity contribution in [2.75, 3.05) is 0 Å².